The van der Waals surface area contributed by atoms with E-state index in [1.807, 2.05) is 0 Å². The lowest BCUT2D eigenvalue weighted by Crippen LogP contribution is -1.95. The highest BCUT2D eigenvalue weighted by Gasteiger charge is 2.57. The van der Waals surface area contributed by atoms with E-state index in [-0.39, 0.29) is 0 Å². The van der Waals surface area contributed by atoms with Crippen LogP contribution in [0.1, 0.15) is 19.3 Å². The van der Waals surface area contributed by atoms with Gasteiger partial charge in [0.05, 0.1) is 3.39 Å². The summed E-state index contributed by atoms with van der Waals surface area (Å²) in [5.41, 5.74) is 1.82. The molecule has 0 spiro atoms. The van der Waals surface area contributed by atoms with Gasteiger partial charge in [0.2, 0.25) is 0 Å². The van der Waals surface area contributed by atoms with Crippen molar-refractivity contribution in [1.82, 2.24) is 0 Å². The van der Waals surface area contributed by atoms with E-state index in [4.69, 9.17) is 0 Å². The van der Waals surface area contributed by atoms with Crippen LogP contribution in [0.3, 0.4) is 0 Å². The molecule has 0 nitrogen and oxygen atoms in total. The molecule has 0 unspecified atom stereocenters. The van der Waals surface area contributed by atoms with Crippen LogP contribution >= 0.6 is 31.9 Å². The lowest BCUT2D eigenvalue weighted by atomic mass is 9.99. The summed E-state index contributed by atoms with van der Waals surface area (Å²) in [6.07, 6.45) is 6.18. The minimum absolute atomic E-state index is 0.391. The first-order valence-corrected chi connectivity index (χ1v) is 5.46. The zero-order chi connectivity index (χ0) is 8.06. The average molecular weight is 278 g/mol. The maximum Gasteiger partial charge on any atom is 0.0573 e. The van der Waals surface area contributed by atoms with Gasteiger partial charge >= 0.3 is 0 Å². The summed E-state index contributed by atoms with van der Waals surface area (Å²) >= 11 is 6.82. The lowest BCUT2D eigenvalue weighted by molar-refractivity contribution is 0.742. The fourth-order valence-corrected chi connectivity index (χ4v) is 3.01. The quantitative estimate of drug-likeness (QED) is 0.636. The molecule has 2 aliphatic rings. The Hall–Kier alpha value is 0.440. The SMILES string of the molecule is C=C1CC[C@@H]2C[C@]12C=C(Br)Br. The smallest absolute Gasteiger partial charge is 0.0573 e. The van der Waals surface area contributed by atoms with Crippen molar-refractivity contribution < 1.29 is 0 Å². The minimum Gasteiger partial charge on any atom is -0.0990 e. The Bertz CT molecular complexity index is 238. The van der Waals surface area contributed by atoms with Crippen LogP contribution in [-0.2, 0) is 0 Å². The topological polar surface area (TPSA) is 0 Å². The molecule has 2 saturated carbocycles. The molecule has 2 fully saturated rings. The monoisotopic (exact) mass is 276 g/mol. The van der Waals surface area contributed by atoms with Gasteiger partial charge in [0.25, 0.3) is 0 Å². The molecule has 0 aromatic carbocycles. The van der Waals surface area contributed by atoms with E-state index < -0.39 is 0 Å². The van der Waals surface area contributed by atoms with Crippen molar-refractivity contribution in [3.8, 4) is 0 Å². The molecular weight excluding hydrogens is 268 g/mol. The third-order valence-corrected chi connectivity index (χ3v) is 3.43. The van der Waals surface area contributed by atoms with Crippen LogP contribution < -0.4 is 0 Å². The highest BCUT2D eigenvalue weighted by molar-refractivity contribution is 9.28. The molecule has 0 radical (unpaired) electrons. The standard InChI is InChI=1S/C9H10Br2/c1-6-2-3-7-4-9(6,7)5-8(10)11/h5,7H,1-4H2/t7-,9+/m1/s1. The van der Waals surface area contributed by atoms with Crippen molar-refractivity contribution in [3.05, 3.63) is 21.6 Å². The van der Waals surface area contributed by atoms with Crippen LogP contribution in [0, 0.1) is 11.3 Å². The van der Waals surface area contributed by atoms with Crippen LogP contribution in [0.4, 0.5) is 0 Å². The van der Waals surface area contributed by atoms with Crippen LogP contribution in [0.25, 0.3) is 0 Å². The van der Waals surface area contributed by atoms with Crippen LogP contribution in [0.2, 0.25) is 0 Å². The summed E-state index contributed by atoms with van der Waals surface area (Å²) in [5.74, 6) is 0.903. The number of allylic oxidation sites excluding steroid dienone is 2. The number of fused-ring (bicyclic) bond motifs is 1. The Morgan fingerprint density at radius 1 is 1.64 bits per heavy atom. The molecule has 2 rings (SSSR count). The Morgan fingerprint density at radius 3 is 2.73 bits per heavy atom. The highest BCUT2D eigenvalue weighted by atomic mass is 79.9. The molecule has 2 atom stereocenters. The molecule has 11 heavy (non-hydrogen) atoms. The van der Waals surface area contributed by atoms with Gasteiger partial charge in [0.15, 0.2) is 0 Å². The van der Waals surface area contributed by atoms with E-state index in [1.54, 1.807) is 0 Å². The highest BCUT2D eigenvalue weighted by Crippen LogP contribution is 2.67. The zero-order valence-electron chi connectivity index (χ0n) is 6.24. The van der Waals surface area contributed by atoms with Gasteiger partial charge in [-0.15, -0.1) is 0 Å². The van der Waals surface area contributed by atoms with Crippen LogP contribution in [-0.4, -0.2) is 0 Å². The molecule has 0 aromatic rings. The molecule has 0 aromatic heterocycles. The Balaban J connectivity index is 2.25. The van der Waals surface area contributed by atoms with Gasteiger partial charge in [0, 0.05) is 5.41 Å². The number of hydrogen-bond acceptors (Lipinski definition) is 0. The van der Waals surface area contributed by atoms with Crippen molar-refractivity contribution in [2.24, 2.45) is 11.3 Å². The molecule has 0 amide bonds. The first-order valence-electron chi connectivity index (χ1n) is 3.87. The van der Waals surface area contributed by atoms with Gasteiger partial charge in [-0.1, -0.05) is 18.2 Å². The normalized spacial score (nSPS) is 40.2. The van der Waals surface area contributed by atoms with E-state index in [1.165, 1.54) is 24.8 Å². The fraction of sp³-hybridized carbons (Fsp3) is 0.556. The van der Waals surface area contributed by atoms with E-state index >= 15 is 0 Å². The molecule has 2 heteroatoms. The van der Waals surface area contributed by atoms with E-state index in [0.717, 1.165) is 9.31 Å². The maximum atomic E-state index is 4.12. The van der Waals surface area contributed by atoms with E-state index in [0.29, 0.717) is 5.41 Å². The van der Waals surface area contributed by atoms with Crippen molar-refractivity contribution >= 4 is 31.9 Å². The van der Waals surface area contributed by atoms with Crippen LogP contribution in [0.15, 0.2) is 21.6 Å². The number of rotatable bonds is 1. The third-order valence-electron chi connectivity index (χ3n) is 2.97. The minimum atomic E-state index is 0.391. The van der Waals surface area contributed by atoms with Crippen molar-refractivity contribution in [2.75, 3.05) is 0 Å². The van der Waals surface area contributed by atoms with Gasteiger partial charge in [-0.3, -0.25) is 0 Å². The maximum absolute atomic E-state index is 4.12. The van der Waals surface area contributed by atoms with Crippen molar-refractivity contribution in [3.63, 3.8) is 0 Å². The van der Waals surface area contributed by atoms with Gasteiger partial charge < -0.3 is 0 Å². The Labute approximate surface area is 84.0 Å². The summed E-state index contributed by atoms with van der Waals surface area (Å²) in [6.45, 7) is 4.12. The van der Waals surface area contributed by atoms with Gasteiger partial charge in [-0.25, -0.2) is 0 Å². The number of halogens is 2. The molecule has 0 bridgehead atoms. The molecule has 0 heterocycles. The molecule has 60 valence electrons. The summed E-state index contributed by atoms with van der Waals surface area (Å²) in [4.78, 5) is 0. The summed E-state index contributed by atoms with van der Waals surface area (Å²) in [7, 11) is 0. The van der Waals surface area contributed by atoms with Gasteiger partial charge in [-0.2, -0.15) is 0 Å². The largest absolute Gasteiger partial charge is 0.0990 e. The Morgan fingerprint density at radius 2 is 2.36 bits per heavy atom. The van der Waals surface area contributed by atoms with Crippen molar-refractivity contribution in [1.29, 1.82) is 0 Å². The second-order valence-electron chi connectivity index (χ2n) is 3.52. The van der Waals surface area contributed by atoms with Gasteiger partial charge in [-0.05, 0) is 57.0 Å². The van der Waals surface area contributed by atoms with Crippen molar-refractivity contribution in [2.45, 2.75) is 19.3 Å². The van der Waals surface area contributed by atoms with E-state index in [9.17, 15) is 0 Å². The molecule has 0 saturated heterocycles. The Kier molecular flexibility index (Phi) is 1.80. The predicted octanol–water partition coefficient (Wildman–Crippen LogP) is 3.97. The molecule has 0 N–H and O–H groups in total. The lowest BCUT2D eigenvalue weighted by Gasteiger charge is -2.07. The van der Waals surface area contributed by atoms with Crippen LogP contribution in [0.5, 0.6) is 0 Å². The predicted molar refractivity (Wildman–Crippen MR) is 54.9 cm³/mol. The van der Waals surface area contributed by atoms with Gasteiger partial charge in [0.1, 0.15) is 0 Å². The summed E-state index contributed by atoms with van der Waals surface area (Å²) < 4.78 is 1.08. The molecule has 2 aliphatic carbocycles. The molecule has 0 aliphatic heterocycles. The average Bonchev–Trinajstić information content (AvgIpc) is 2.51. The number of hydrogen-bond donors (Lipinski definition) is 0. The third kappa shape index (κ3) is 1.15. The van der Waals surface area contributed by atoms with E-state index in [2.05, 4.69) is 44.5 Å². The first kappa shape index (κ1) is 8.06. The molecular formula is C9H10Br2. The zero-order valence-corrected chi connectivity index (χ0v) is 9.41. The second kappa shape index (κ2) is 2.46. The second-order valence-corrected chi connectivity index (χ2v) is 6.29. The summed E-state index contributed by atoms with van der Waals surface area (Å²) in [5, 5.41) is 0. The first-order chi connectivity index (χ1) is 5.15. The fourth-order valence-electron chi connectivity index (χ4n) is 2.20. The summed E-state index contributed by atoms with van der Waals surface area (Å²) in [6, 6.07) is 0.